The van der Waals surface area contributed by atoms with Crippen LogP contribution in [0.3, 0.4) is 0 Å². The lowest BCUT2D eigenvalue weighted by Crippen LogP contribution is -2.33. The third kappa shape index (κ3) is 5.15. The number of aliphatic hydroxyl groups excluding tert-OH is 1. The number of esters is 1. The molecule has 0 saturated heterocycles. The van der Waals surface area contributed by atoms with Gasteiger partial charge in [-0.15, -0.1) is 0 Å². The van der Waals surface area contributed by atoms with E-state index in [4.69, 9.17) is 4.74 Å². The first-order valence-corrected chi connectivity index (χ1v) is 6.84. The zero-order valence-electron chi connectivity index (χ0n) is 12.8. The molecule has 0 aromatic carbocycles. The predicted octanol–water partition coefficient (Wildman–Crippen LogP) is 2.70. The summed E-state index contributed by atoms with van der Waals surface area (Å²) in [7, 11) is 0. The van der Waals surface area contributed by atoms with Gasteiger partial charge in [-0.05, 0) is 13.0 Å². The summed E-state index contributed by atoms with van der Waals surface area (Å²) in [4.78, 5) is 23.2. The van der Waals surface area contributed by atoms with E-state index in [1.165, 1.54) is 0 Å². The van der Waals surface area contributed by atoms with Gasteiger partial charge in [0.05, 0.1) is 12.0 Å². The molecule has 0 radical (unpaired) electrons. The second kappa shape index (κ2) is 8.10. The summed E-state index contributed by atoms with van der Waals surface area (Å²) < 4.78 is 5.26. The molecule has 0 amide bonds. The van der Waals surface area contributed by atoms with Crippen molar-refractivity contribution in [2.24, 2.45) is 17.8 Å². The second-order valence-electron chi connectivity index (χ2n) is 5.15. The van der Waals surface area contributed by atoms with Gasteiger partial charge in [0.15, 0.2) is 0 Å². The van der Waals surface area contributed by atoms with Crippen molar-refractivity contribution in [2.75, 3.05) is 0 Å². The highest BCUT2D eigenvalue weighted by Gasteiger charge is 2.29. The van der Waals surface area contributed by atoms with Gasteiger partial charge in [-0.2, -0.15) is 0 Å². The number of hydrogen-bond donors (Lipinski definition) is 1. The molecule has 0 saturated carbocycles. The highest BCUT2D eigenvalue weighted by molar-refractivity contribution is 5.81. The Balaban J connectivity index is 4.81. The quantitative estimate of drug-likeness (QED) is 0.570. The number of Topliss-reactive ketones (excluding diaryl/α,β-unsaturated/α-hetero) is 1. The number of hydrogen-bond acceptors (Lipinski definition) is 4. The van der Waals surface area contributed by atoms with Crippen molar-refractivity contribution in [1.29, 1.82) is 0 Å². The molecule has 0 aromatic rings. The molecule has 1 N–H and O–H groups in total. The maximum Gasteiger partial charge on any atom is 0.313 e. The zero-order chi connectivity index (χ0) is 15.2. The average Bonchev–Trinajstić information content (AvgIpc) is 2.40. The smallest absolute Gasteiger partial charge is 0.313 e. The summed E-state index contributed by atoms with van der Waals surface area (Å²) in [6.07, 6.45) is 1.21. The van der Waals surface area contributed by atoms with Crippen LogP contribution in [0.5, 0.6) is 0 Å². The molecule has 0 aliphatic carbocycles. The van der Waals surface area contributed by atoms with Gasteiger partial charge < -0.3 is 9.84 Å². The zero-order valence-corrected chi connectivity index (χ0v) is 12.8. The molecule has 0 aliphatic rings. The van der Waals surface area contributed by atoms with Crippen molar-refractivity contribution >= 4 is 11.8 Å². The molecule has 110 valence electrons. The molecule has 19 heavy (non-hydrogen) atoms. The molecule has 0 fully saturated rings. The standard InChI is InChI=1S/C15H26O4/c1-7-12(16)10(5)14(17)11(6)13(8-2)19-15(18)9(3)4/h8-11,14,17H,7H2,1-6H3/b13-8-/t10-,11+,14-/m1/s1. The molecule has 4 heteroatoms. The summed E-state index contributed by atoms with van der Waals surface area (Å²) in [5, 5.41) is 10.2. The number of rotatable bonds is 7. The van der Waals surface area contributed by atoms with Gasteiger partial charge in [0, 0.05) is 18.3 Å². The van der Waals surface area contributed by atoms with Gasteiger partial charge in [-0.1, -0.05) is 34.6 Å². The summed E-state index contributed by atoms with van der Waals surface area (Å²) in [6.45, 7) is 10.5. The lowest BCUT2D eigenvalue weighted by molar-refractivity contribution is -0.144. The van der Waals surface area contributed by atoms with Gasteiger partial charge in [0.25, 0.3) is 0 Å². The van der Waals surface area contributed by atoms with Crippen LogP contribution < -0.4 is 0 Å². The average molecular weight is 270 g/mol. The molecule has 0 rings (SSSR count). The van der Waals surface area contributed by atoms with Gasteiger partial charge in [-0.3, -0.25) is 9.59 Å². The molecule has 4 nitrogen and oxygen atoms in total. The monoisotopic (exact) mass is 270 g/mol. The summed E-state index contributed by atoms with van der Waals surface area (Å²) in [5.41, 5.74) is 0. The topological polar surface area (TPSA) is 63.6 Å². The lowest BCUT2D eigenvalue weighted by atomic mass is 9.88. The molecule has 0 aromatic heterocycles. The lowest BCUT2D eigenvalue weighted by Gasteiger charge is -2.25. The van der Waals surface area contributed by atoms with Crippen molar-refractivity contribution in [3.05, 3.63) is 11.8 Å². The fourth-order valence-electron chi connectivity index (χ4n) is 1.76. The van der Waals surface area contributed by atoms with Crippen molar-refractivity contribution < 1.29 is 19.4 Å². The minimum atomic E-state index is -0.849. The van der Waals surface area contributed by atoms with E-state index in [1.54, 1.807) is 47.6 Å². The molecule has 0 unspecified atom stereocenters. The first-order valence-electron chi connectivity index (χ1n) is 6.84. The van der Waals surface area contributed by atoms with Crippen molar-refractivity contribution in [1.82, 2.24) is 0 Å². The summed E-state index contributed by atoms with van der Waals surface area (Å²) in [5.74, 6) is -0.992. The van der Waals surface area contributed by atoms with Crippen LogP contribution in [0.25, 0.3) is 0 Å². The van der Waals surface area contributed by atoms with E-state index in [1.807, 2.05) is 0 Å². The Morgan fingerprint density at radius 2 is 1.68 bits per heavy atom. The highest BCUT2D eigenvalue weighted by atomic mass is 16.5. The molecule has 0 spiro atoms. The summed E-state index contributed by atoms with van der Waals surface area (Å²) >= 11 is 0. The highest BCUT2D eigenvalue weighted by Crippen LogP contribution is 2.23. The van der Waals surface area contributed by atoms with Crippen LogP contribution in [0.15, 0.2) is 11.8 Å². The van der Waals surface area contributed by atoms with Gasteiger partial charge in [0.1, 0.15) is 11.5 Å². The van der Waals surface area contributed by atoms with E-state index in [-0.39, 0.29) is 17.7 Å². The molecule has 0 aliphatic heterocycles. The fourth-order valence-corrected chi connectivity index (χ4v) is 1.76. The Kier molecular flexibility index (Phi) is 7.61. The maximum absolute atomic E-state index is 11.6. The number of ketones is 1. The number of allylic oxidation sites excluding steroid dienone is 1. The van der Waals surface area contributed by atoms with E-state index in [0.717, 1.165) is 0 Å². The molecule has 0 bridgehead atoms. The number of carbonyl (C=O) groups excluding carboxylic acids is 2. The van der Waals surface area contributed by atoms with Crippen LogP contribution in [0, 0.1) is 17.8 Å². The van der Waals surface area contributed by atoms with Crippen LogP contribution in [-0.2, 0) is 14.3 Å². The Labute approximate surface area is 115 Å². The van der Waals surface area contributed by atoms with Gasteiger partial charge in [-0.25, -0.2) is 0 Å². The number of carbonyl (C=O) groups is 2. The normalized spacial score (nSPS) is 16.9. The first kappa shape index (κ1) is 17.8. The Bertz CT molecular complexity index is 344. The fraction of sp³-hybridized carbons (Fsp3) is 0.733. The van der Waals surface area contributed by atoms with Crippen molar-refractivity contribution in [2.45, 2.75) is 54.1 Å². The van der Waals surface area contributed by atoms with E-state index in [0.29, 0.717) is 12.2 Å². The maximum atomic E-state index is 11.6. The largest absolute Gasteiger partial charge is 0.431 e. The van der Waals surface area contributed by atoms with E-state index < -0.39 is 17.9 Å². The SMILES string of the molecule is C/C=C(\OC(=O)C(C)C)[C@H](C)[C@H](O)[C@H](C)C(=O)CC. The third-order valence-corrected chi connectivity index (χ3v) is 3.30. The molecule has 3 atom stereocenters. The Morgan fingerprint density at radius 1 is 1.16 bits per heavy atom. The summed E-state index contributed by atoms with van der Waals surface area (Å²) in [6, 6.07) is 0. The molecule has 0 heterocycles. The van der Waals surface area contributed by atoms with Crippen LogP contribution in [0.1, 0.15) is 48.0 Å². The van der Waals surface area contributed by atoms with Crippen molar-refractivity contribution in [3.63, 3.8) is 0 Å². The van der Waals surface area contributed by atoms with E-state index in [9.17, 15) is 14.7 Å². The van der Waals surface area contributed by atoms with Gasteiger partial charge in [0.2, 0.25) is 0 Å². The Morgan fingerprint density at radius 3 is 2.05 bits per heavy atom. The third-order valence-electron chi connectivity index (χ3n) is 3.30. The van der Waals surface area contributed by atoms with E-state index in [2.05, 4.69) is 0 Å². The predicted molar refractivity (Wildman–Crippen MR) is 74.3 cm³/mol. The first-order chi connectivity index (χ1) is 8.76. The van der Waals surface area contributed by atoms with Crippen LogP contribution >= 0.6 is 0 Å². The minimum Gasteiger partial charge on any atom is -0.431 e. The van der Waals surface area contributed by atoms with Crippen LogP contribution in [-0.4, -0.2) is 23.0 Å². The van der Waals surface area contributed by atoms with Gasteiger partial charge >= 0.3 is 5.97 Å². The van der Waals surface area contributed by atoms with Crippen LogP contribution in [0.4, 0.5) is 0 Å². The molecular weight excluding hydrogens is 244 g/mol. The van der Waals surface area contributed by atoms with E-state index >= 15 is 0 Å². The number of aliphatic hydroxyl groups is 1. The molecular formula is C15H26O4. The number of ether oxygens (including phenoxy) is 1. The van der Waals surface area contributed by atoms with Crippen LogP contribution in [0.2, 0.25) is 0 Å². The van der Waals surface area contributed by atoms with Crippen molar-refractivity contribution in [3.8, 4) is 0 Å². The Hall–Kier alpha value is -1.16. The minimum absolute atomic E-state index is 0.00462. The second-order valence-corrected chi connectivity index (χ2v) is 5.15.